The average molecular weight is 1030 g/mol. The standard InChI is InChI=1S/C12H24O.C10H22O.2C9H20O.C9H20.C8H16O2.C8H18O/c1-10(2)12(7-5-6-8-12)9-13-11(3)4;1-8(2)10(5,6)7-11-9(3)4;1-7(2)6-9(5)10-8(3)4;1-8(2)6-5-7-10-9(3)4;1-8(2)6-5-7-9(3)4;1-6(2)8(9)5-10-7(3)4;1-7(2)5-6-9-8(3)4/h10-11H,5-9H2,1-4H3;8-9H,7H2,1-6H3;7-9H,6H2,1-5H3;8-9H,5-7H2,1-4H3;8-9H,5-7H2,1-4H3;6-7H,5H2,1-4H3;7-8H,5-6H2,1-4H3. The van der Waals surface area contributed by atoms with E-state index in [9.17, 15) is 4.79 Å². The van der Waals surface area contributed by atoms with Crippen molar-refractivity contribution in [3.05, 3.63) is 0 Å². The van der Waals surface area contributed by atoms with E-state index in [1.165, 1.54) is 64.2 Å². The van der Waals surface area contributed by atoms with Gasteiger partial charge in [0.1, 0.15) is 6.61 Å². The zero-order valence-corrected chi connectivity index (χ0v) is 55.3. The number of Topliss-reactive ketones (excluding diaryl/α,β-unsaturated/α-hetero) is 1. The van der Waals surface area contributed by atoms with Gasteiger partial charge in [0.25, 0.3) is 0 Å². The summed E-state index contributed by atoms with van der Waals surface area (Å²) in [6.45, 7) is 70.7. The summed E-state index contributed by atoms with van der Waals surface area (Å²) in [6, 6.07) is 0. The Morgan fingerprint density at radius 1 is 0.444 bits per heavy atom. The van der Waals surface area contributed by atoms with Crippen molar-refractivity contribution >= 4 is 5.78 Å². The third kappa shape index (κ3) is 69.4. The summed E-state index contributed by atoms with van der Waals surface area (Å²) in [4.78, 5) is 10.9. The lowest BCUT2D eigenvalue weighted by Crippen LogP contribution is -2.30. The van der Waals surface area contributed by atoms with Crippen LogP contribution in [0, 0.1) is 58.2 Å². The molecule has 1 saturated carbocycles. The minimum absolute atomic E-state index is 0.0961. The minimum Gasteiger partial charge on any atom is -0.379 e. The first-order chi connectivity index (χ1) is 32.9. The molecule has 0 aromatic heterocycles. The first-order valence-corrected chi connectivity index (χ1v) is 30.1. The number of hydrogen-bond donors (Lipinski definition) is 0. The van der Waals surface area contributed by atoms with Crippen LogP contribution in [0.3, 0.4) is 0 Å². The number of ketones is 1. The molecular weight excluding hydrogens is 893 g/mol. The third-order valence-corrected chi connectivity index (χ3v) is 12.5. The fourth-order valence-electron chi connectivity index (χ4n) is 6.73. The lowest BCUT2D eigenvalue weighted by molar-refractivity contribution is -0.127. The molecule has 0 aromatic rings. The fourth-order valence-corrected chi connectivity index (χ4v) is 6.73. The molecule has 0 heterocycles. The highest BCUT2D eigenvalue weighted by atomic mass is 16.5. The number of ether oxygens (including phenoxy) is 6. The van der Waals surface area contributed by atoms with Gasteiger partial charge in [-0.05, 0) is 181 Å². The third-order valence-electron chi connectivity index (χ3n) is 12.5. The van der Waals surface area contributed by atoms with E-state index in [-0.39, 0.29) is 24.4 Å². The number of hydrogen-bond acceptors (Lipinski definition) is 7. The summed E-state index contributed by atoms with van der Waals surface area (Å²) >= 11 is 0. The maximum Gasteiger partial charge on any atom is 0.160 e. The van der Waals surface area contributed by atoms with Crippen molar-refractivity contribution in [1.29, 1.82) is 0 Å². The molecule has 0 saturated heterocycles. The second kappa shape index (κ2) is 51.2. The Balaban J connectivity index is -0.000000177. The molecule has 7 nitrogen and oxygen atoms in total. The van der Waals surface area contributed by atoms with Gasteiger partial charge in [-0.2, -0.15) is 0 Å². The molecule has 442 valence electrons. The van der Waals surface area contributed by atoms with Gasteiger partial charge in [-0.25, -0.2) is 0 Å². The van der Waals surface area contributed by atoms with Crippen LogP contribution in [0.2, 0.25) is 0 Å². The van der Waals surface area contributed by atoms with Crippen LogP contribution in [0.15, 0.2) is 0 Å². The Hall–Kier alpha value is -0.570. The van der Waals surface area contributed by atoms with E-state index >= 15 is 0 Å². The van der Waals surface area contributed by atoms with E-state index in [0.29, 0.717) is 53.4 Å². The molecule has 1 aliphatic carbocycles. The summed E-state index contributed by atoms with van der Waals surface area (Å²) in [7, 11) is 0. The average Bonchev–Trinajstić information content (AvgIpc) is 3.71. The monoisotopic (exact) mass is 1030 g/mol. The molecule has 0 bridgehead atoms. The summed E-state index contributed by atoms with van der Waals surface area (Å²) in [5.74, 6) is 5.84. The van der Waals surface area contributed by atoms with E-state index in [1.807, 2.05) is 27.7 Å². The summed E-state index contributed by atoms with van der Waals surface area (Å²) in [6.07, 6.45) is 17.1. The van der Waals surface area contributed by atoms with Crippen LogP contribution in [-0.2, 0) is 33.2 Å². The largest absolute Gasteiger partial charge is 0.379 e. The summed E-state index contributed by atoms with van der Waals surface area (Å²) in [5.41, 5.74) is 0.814. The molecule has 0 amide bonds. The van der Waals surface area contributed by atoms with Crippen molar-refractivity contribution in [3.8, 4) is 0 Å². The molecule has 0 radical (unpaired) electrons. The normalized spacial score (nSPS) is 13.9. The van der Waals surface area contributed by atoms with E-state index in [1.54, 1.807) is 0 Å². The van der Waals surface area contributed by atoms with Crippen molar-refractivity contribution < 1.29 is 33.2 Å². The second-order valence-corrected chi connectivity index (χ2v) is 26.5. The van der Waals surface area contributed by atoms with Crippen molar-refractivity contribution in [2.24, 2.45) is 58.2 Å². The van der Waals surface area contributed by atoms with Gasteiger partial charge in [0.05, 0.1) is 55.9 Å². The molecule has 1 atom stereocenters. The minimum atomic E-state index is 0.0961. The number of rotatable bonds is 29. The first kappa shape index (κ1) is 82.8. The zero-order chi connectivity index (χ0) is 57.8. The van der Waals surface area contributed by atoms with Crippen molar-refractivity contribution in [2.75, 3.05) is 33.0 Å². The second-order valence-electron chi connectivity index (χ2n) is 26.5. The van der Waals surface area contributed by atoms with Crippen LogP contribution in [0.5, 0.6) is 0 Å². The Morgan fingerprint density at radius 3 is 1.15 bits per heavy atom. The highest BCUT2D eigenvalue weighted by Gasteiger charge is 2.37. The Morgan fingerprint density at radius 2 is 0.833 bits per heavy atom. The molecule has 1 rings (SSSR count). The highest BCUT2D eigenvalue weighted by Crippen LogP contribution is 2.44. The summed E-state index contributed by atoms with van der Waals surface area (Å²) < 4.78 is 32.8. The van der Waals surface area contributed by atoms with Crippen LogP contribution in [-0.4, -0.2) is 81.5 Å². The van der Waals surface area contributed by atoms with Gasteiger partial charge >= 0.3 is 0 Å². The Labute approximate surface area is 456 Å². The van der Waals surface area contributed by atoms with Crippen molar-refractivity contribution in [2.45, 2.75) is 328 Å². The molecule has 0 aliphatic heterocycles. The van der Waals surface area contributed by atoms with E-state index in [4.69, 9.17) is 28.4 Å². The Kier molecular flexibility index (Phi) is 58.9. The molecular formula is C65H140O7. The topological polar surface area (TPSA) is 72.5 Å². The lowest BCUT2D eigenvalue weighted by Gasteiger charge is -2.33. The first-order valence-electron chi connectivity index (χ1n) is 30.1. The van der Waals surface area contributed by atoms with Crippen LogP contribution in [0.1, 0.15) is 285 Å². The van der Waals surface area contributed by atoms with Gasteiger partial charge in [0, 0.05) is 19.1 Å². The molecule has 0 aromatic carbocycles. The quantitative estimate of drug-likeness (QED) is 0.0691. The SMILES string of the molecule is CC(C)CC(C)OC(C)C.CC(C)CCCC(C)C.CC(C)CCCOC(C)C.CC(C)CCOC(C)C.CC(C)OCC(=O)C(C)C.CC(C)OCC(C)(C)C(C)C.CC(C)OCC1(C(C)C)CCCC1. The fraction of sp³-hybridized carbons (Fsp3) is 0.985. The van der Waals surface area contributed by atoms with Gasteiger partial charge in [-0.1, -0.05) is 157 Å². The van der Waals surface area contributed by atoms with Crippen molar-refractivity contribution in [3.63, 3.8) is 0 Å². The van der Waals surface area contributed by atoms with E-state index < -0.39 is 0 Å². The maximum atomic E-state index is 10.9. The van der Waals surface area contributed by atoms with Gasteiger partial charge in [0.15, 0.2) is 5.78 Å². The van der Waals surface area contributed by atoms with Gasteiger partial charge < -0.3 is 28.4 Å². The molecule has 1 aliphatic rings. The van der Waals surface area contributed by atoms with Crippen LogP contribution in [0.25, 0.3) is 0 Å². The highest BCUT2D eigenvalue weighted by molar-refractivity contribution is 5.81. The molecule has 1 fully saturated rings. The Bertz CT molecular complexity index is 1020. The predicted molar refractivity (Wildman–Crippen MR) is 322 cm³/mol. The molecule has 7 heteroatoms. The van der Waals surface area contributed by atoms with Crippen LogP contribution in [0.4, 0.5) is 0 Å². The van der Waals surface area contributed by atoms with Crippen LogP contribution >= 0.6 is 0 Å². The smallest absolute Gasteiger partial charge is 0.160 e. The zero-order valence-electron chi connectivity index (χ0n) is 55.3. The predicted octanol–water partition coefficient (Wildman–Crippen LogP) is 20.0. The van der Waals surface area contributed by atoms with E-state index in [2.05, 4.69) is 187 Å². The van der Waals surface area contributed by atoms with Crippen molar-refractivity contribution in [1.82, 2.24) is 0 Å². The van der Waals surface area contributed by atoms with Gasteiger partial charge in [-0.3, -0.25) is 4.79 Å². The maximum absolute atomic E-state index is 10.9. The molecule has 0 N–H and O–H groups in total. The summed E-state index contributed by atoms with van der Waals surface area (Å²) in [5, 5.41) is 0. The molecule has 0 spiro atoms. The lowest BCUT2D eigenvalue weighted by atomic mass is 9.76. The molecule has 72 heavy (non-hydrogen) atoms. The van der Waals surface area contributed by atoms with Gasteiger partial charge in [0.2, 0.25) is 0 Å². The van der Waals surface area contributed by atoms with Gasteiger partial charge in [-0.15, -0.1) is 0 Å². The number of carbonyl (C=O) groups is 1. The molecule has 1 unspecified atom stereocenters. The number of carbonyl (C=O) groups excluding carboxylic acids is 1. The van der Waals surface area contributed by atoms with Crippen LogP contribution < -0.4 is 0 Å². The van der Waals surface area contributed by atoms with E-state index in [0.717, 1.165) is 68.4 Å².